The van der Waals surface area contributed by atoms with Crippen molar-refractivity contribution in [3.63, 3.8) is 0 Å². The average molecular weight is 474 g/mol. The predicted molar refractivity (Wildman–Crippen MR) is 125 cm³/mol. The van der Waals surface area contributed by atoms with Crippen LogP contribution in [-0.4, -0.2) is 56.2 Å². The van der Waals surface area contributed by atoms with Gasteiger partial charge in [0.2, 0.25) is 15.9 Å². The summed E-state index contributed by atoms with van der Waals surface area (Å²) < 4.78 is 33.0. The van der Waals surface area contributed by atoms with E-state index in [1.807, 2.05) is 13.8 Å². The first-order valence-electron chi connectivity index (χ1n) is 11.0. The number of nitrogens with two attached hydrogens (primary N) is 1. The number of piperidine rings is 1. The van der Waals surface area contributed by atoms with Crippen molar-refractivity contribution in [1.82, 2.24) is 9.21 Å². The van der Waals surface area contributed by atoms with Gasteiger partial charge in [0, 0.05) is 43.7 Å². The summed E-state index contributed by atoms with van der Waals surface area (Å²) in [5, 5.41) is 0. The number of hydrogen-bond donors (Lipinski definition) is 1. The fourth-order valence-corrected chi connectivity index (χ4v) is 5.05. The second kappa shape index (κ2) is 10.4. The third-order valence-corrected chi connectivity index (χ3v) is 7.73. The Labute approximate surface area is 195 Å². The van der Waals surface area contributed by atoms with E-state index in [0.717, 1.165) is 5.56 Å². The van der Waals surface area contributed by atoms with E-state index >= 15 is 0 Å². The van der Waals surface area contributed by atoms with E-state index in [1.165, 1.54) is 11.4 Å². The molecule has 0 atom stereocenters. The molecule has 1 saturated heterocycles. The molecule has 1 aliphatic rings. The Morgan fingerprint density at radius 2 is 1.76 bits per heavy atom. The first kappa shape index (κ1) is 24.7. The van der Waals surface area contributed by atoms with Crippen LogP contribution in [0.1, 0.15) is 41.3 Å². The van der Waals surface area contributed by atoms with Crippen LogP contribution in [0.5, 0.6) is 5.75 Å². The van der Waals surface area contributed by atoms with Gasteiger partial charge in [-0.15, -0.1) is 0 Å². The maximum Gasteiger partial charge on any atom is 0.253 e. The van der Waals surface area contributed by atoms with Gasteiger partial charge < -0.3 is 15.4 Å². The number of aryl methyl sites for hydroxylation is 1. The standard InChI is InChI=1S/C24H31N3O5S/c1-4-32-22-10-7-19(24(29)27-13-11-18(12-14-27)23(25)28)15-20(22)16-26(3)33(30,31)21-8-5-17(2)6-9-21/h5-10,15,18H,4,11-14,16H2,1-3H3,(H2,25,28). The summed E-state index contributed by atoms with van der Waals surface area (Å²) in [4.78, 5) is 26.4. The highest BCUT2D eigenvalue weighted by Crippen LogP contribution is 2.26. The monoisotopic (exact) mass is 473 g/mol. The zero-order valence-corrected chi connectivity index (χ0v) is 20.1. The number of amides is 2. The molecule has 0 radical (unpaired) electrons. The van der Waals surface area contributed by atoms with Crippen molar-refractivity contribution in [2.45, 2.75) is 38.1 Å². The molecule has 1 fully saturated rings. The lowest BCUT2D eigenvalue weighted by molar-refractivity contribution is -0.123. The molecule has 0 unspecified atom stereocenters. The highest BCUT2D eigenvalue weighted by Gasteiger charge is 2.27. The van der Waals surface area contributed by atoms with Crippen molar-refractivity contribution >= 4 is 21.8 Å². The molecule has 1 aliphatic heterocycles. The molecule has 2 aromatic rings. The first-order chi connectivity index (χ1) is 15.6. The lowest BCUT2D eigenvalue weighted by Crippen LogP contribution is -2.41. The van der Waals surface area contributed by atoms with Crippen molar-refractivity contribution in [2.75, 3.05) is 26.7 Å². The SMILES string of the molecule is CCOc1ccc(C(=O)N2CCC(C(N)=O)CC2)cc1CN(C)S(=O)(=O)c1ccc(C)cc1. The van der Waals surface area contributed by atoms with E-state index < -0.39 is 10.0 Å². The molecule has 2 amide bonds. The van der Waals surface area contributed by atoms with Gasteiger partial charge in [0.05, 0.1) is 11.5 Å². The number of nitrogens with zero attached hydrogens (tertiary/aromatic N) is 2. The molecule has 9 heteroatoms. The number of carbonyl (C=O) groups is 2. The van der Waals surface area contributed by atoms with Gasteiger partial charge in [-0.25, -0.2) is 8.42 Å². The van der Waals surface area contributed by atoms with Gasteiger partial charge in [-0.1, -0.05) is 17.7 Å². The molecule has 2 aromatic carbocycles. The number of ether oxygens (including phenoxy) is 1. The van der Waals surface area contributed by atoms with Crippen molar-refractivity contribution < 1.29 is 22.7 Å². The smallest absolute Gasteiger partial charge is 0.253 e. The molecule has 2 N–H and O–H groups in total. The second-order valence-corrected chi connectivity index (χ2v) is 10.3. The lowest BCUT2D eigenvalue weighted by Gasteiger charge is -2.30. The van der Waals surface area contributed by atoms with Crippen molar-refractivity contribution in [3.8, 4) is 5.75 Å². The van der Waals surface area contributed by atoms with Gasteiger partial charge in [-0.2, -0.15) is 4.31 Å². The summed E-state index contributed by atoms with van der Waals surface area (Å²) in [6, 6.07) is 11.8. The minimum atomic E-state index is -3.71. The Balaban J connectivity index is 1.82. The molecule has 8 nitrogen and oxygen atoms in total. The largest absolute Gasteiger partial charge is 0.494 e. The number of primary amides is 1. The van der Waals surface area contributed by atoms with Gasteiger partial charge in [-0.05, 0) is 57.0 Å². The van der Waals surface area contributed by atoms with Gasteiger partial charge in [-0.3, -0.25) is 9.59 Å². The molecule has 33 heavy (non-hydrogen) atoms. The van der Waals surface area contributed by atoms with Gasteiger partial charge >= 0.3 is 0 Å². The Bertz CT molecular complexity index is 1110. The fourth-order valence-electron chi connectivity index (χ4n) is 3.90. The van der Waals surface area contributed by atoms with Gasteiger partial charge in [0.15, 0.2) is 0 Å². The first-order valence-corrected chi connectivity index (χ1v) is 12.4. The third-order valence-electron chi connectivity index (χ3n) is 5.91. The lowest BCUT2D eigenvalue weighted by atomic mass is 9.95. The predicted octanol–water partition coefficient (Wildman–Crippen LogP) is 2.55. The molecule has 0 spiro atoms. The highest BCUT2D eigenvalue weighted by molar-refractivity contribution is 7.89. The maximum atomic E-state index is 13.1. The van der Waals surface area contributed by atoms with Crippen LogP contribution in [0.15, 0.2) is 47.4 Å². The van der Waals surface area contributed by atoms with E-state index in [9.17, 15) is 18.0 Å². The topological polar surface area (TPSA) is 110 Å². The van der Waals surface area contributed by atoms with Gasteiger partial charge in [0.25, 0.3) is 5.91 Å². The quantitative estimate of drug-likeness (QED) is 0.634. The Kier molecular flexibility index (Phi) is 7.76. The van der Waals surface area contributed by atoms with E-state index in [1.54, 1.807) is 47.4 Å². The Hall–Kier alpha value is -2.91. The molecule has 178 valence electrons. The van der Waals surface area contributed by atoms with E-state index in [-0.39, 0.29) is 29.2 Å². The van der Waals surface area contributed by atoms with E-state index in [0.29, 0.717) is 49.4 Å². The van der Waals surface area contributed by atoms with Crippen LogP contribution in [0, 0.1) is 12.8 Å². The van der Waals surface area contributed by atoms with Crippen LogP contribution >= 0.6 is 0 Å². The molecular formula is C24H31N3O5S. The molecule has 0 aliphatic carbocycles. The van der Waals surface area contributed by atoms with Crippen LogP contribution in [0.3, 0.4) is 0 Å². The number of rotatable bonds is 8. The zero-order chi connectivity index (χ0) is 24.2. The molecule has 1 heterocycles. The molecule has 0 aromatic heterocycles. The van der Waals surface area contributed by atoms with Crippen molar-refractivity contribution in [1.29, 1.82) is 0 Å². The summed E-state index contributed by atoms with van der Waals surface area (Å²) in [6.45, 7) is 5.12. The number of likely N-dealkylation sites (tertiary alicyclic amines) is 1. The summed E-state index contributed by atoms with van der Waals surface area (Å²) in [6.07, 6.45) is 1.09. The normalized spacial score (nSPS) is 15.0. The molecule has 3 rings (SSSR count). The summed E-state index contributed by atoms with van der Waals surface area (Å²) in [5.74, 6) is -0.160. The summed E-state index contributed by atoms with van der Waals surface area (Å²) >= 11 is 0. The number of carbonyl (C=O) groups excluding carboxylic acids is 2. The van der Waals surface area contributed by atoms with E-state index in [4.69, 9.17) is 10.5 Å². The van der Waals surface area contributed by atoms with Crippen LogP contribution in [0.25, 0.3) is 0 Å². The van der Waals surface area contributed by atoms with Crippen LogP contribution < -0.4 is 10.5 Å². The second-order valence-electron chi connectivity index (χ2n) is 8.30. The van der Waals surface area contributed by atoms with Crippen LogP contribution in [-0.2, 0) is 21.4 Å². The zero-order valence-electron chi connectivity index (χ0n) is 19.3. The molecule has 0 bridgehead atoms. The number of benzene rings is 2. The minimum absolute atomic E-state index is 0.0520. The van der Waals surface area contributed by atoms with Crippen molar-refractivity contribution in [3.05, 3.63) is 59.2 Å². The molecule has 0 saturated carbocycles. The van der Waals surface area contributed by atoms with Crippen LogP contribution in [0.2, 0.25) is 0 Å². The summed E-state index contributed by atoms with van der Waals surface area (Å²) in [5.41, 5.74) is 7.41. The van der Waals surface area contributed by atoms with Crippen molar-refractivity contribution in [2.24, 2.45) is 11.7 Å². The minimum Gasteiger partial charge on any atom is -0.494 e. The number of sulfonamides is 1. The third kappa shape index (κ3) is 5.72. The maximum absolute atomic E-state index is 13.1. The van der Waals surface area contributed by atoms with Crippen LogP contribution in [0.4, 0.5) is 0 Å². The Morgan fingerprint density at radius 1 is 1.12 bits per heavy atom. The summed E-state index contributed by atoms with van der Waals surface area (Å²) in [7, 11) is -2.21. The van der Waals surface area contributed by atoms with E-state index in [2.05, 4.69) is 0 Å². The fraction of sp³-hybridized carbons (Fsp3) is 0.417. The molecular weight excluding hydrogens is 442 g/mol. The number of hydrogen-bond acceptors (Lipinski definition) is 5. The Morgan fingerprint density at radius 3 is 2.33 bits per heavy atom. The van der Waals surface area contributed by atoms with Gasteiger partial charge in [0.1, 0.15) is 5.75 Å². The highest BCUT2D eigenvalue weighted by atomic mass is 32.2. The average Bonchev–Trinajstić information content (AvgIpc) is 2.80.